The van der Waals surface area contributed by atoms with Crippen LogP contribution in [-0.2, 0) is 19.8 Å². The summed E-state index contributed by atoms with van der Waals surface area (Å²) in [5, 5.41) is 3.28. The second-order valence-electron chi connectivity index (χ2n) is 5.90. The lowest BCUT2D eigenvalue weighted by molar-refractivity contribution is -0.140. The van der Waals surface area contributed by atoms with Crippen molar-refractivity contribution in [1.82, 2.24) is 19.8 Å². The van der Waals surface area contributed by atoms with Crippen molar-refractivity contribution in [3.05, 3.63) is 53.4 Å². The molecule has 1 aliphatic rings. The summed E-state index contributed by atoms with van der Waals surface area (Å²) in [6.45, 7) is 2.39. The lowest BCUT2D eigenvalue weighted by Gasteiger charge is -2.35. The van der Waals surface area contributed by atoms with Gasteiger partial charge in [-0.1, -0.05) is 6.07 Å². The summed E-state index contributed by atoms with van der Waals surface area (Å²) in [6, 6.07) is 3.14. The second-order valence-corrected chi connectivity index (χ2v) is 5.90. The summed E-state index contributed by atoms with van der Waals surface area (Å²) in [6.07, 6.45) is -1.16. The Balaban J connectivity index is 0.00000225. The van der Waals surface area contributed by atoms with Gasteiger partial charge in [0.2, 0.25) is 0 Å². The van der Waals surface area contributed by atoms with E-state index in [-0.39, 0.29) is 18.4 Å². The summed E-state index contributed by atoms with van der Waals surface area (Å²) in [5.41, 5.74) is -0.784. The molecule has 0 spiro atoms. The molecule has 9 heteroatoms. The van der Waals surface area contributed by atoms with Crippen molar-refractivity contribution in [1.29, 1.82) is 0 Å². The molecule has 2 heterocycles. The maximum absolute atomic E-state index is 13.4. The number of hydrogen-bond donors (Lipinski definition) is 1. The molecule has 1 aromatic heterocycles. The zero-order valence-electron chi connectivity index (χ0n) is 13.6. The van der Waals surface area contributed by atoms with Crippen LogP contribution in [0.25, 0.3) is 0 Å². The largest absolute Gasteiger partial charge is 0.419 e. The van der Waals surface area contributed by atoms with Crippen LogP contribution in [0, 0.1) is 5.82 Å². The fourth-order valence-electron chi connectivity index (χ4n) is 3.01. The molecule has 138 valence electrons. The van der Waals surface area contributed by atoms with Gasteiger partial charge in [-0.3, -0.25) is 4.90 Å². The predicted octanol–water partition coefficient (Wildman–Crippen LogP) is 3.15. The van der Waals surface area contributed by atoms with Crippen LogP contribution in [0.15, 0.2) is 30.6 Å². The Hall–Kier alpha value is -1.64. The van der Waals surface area contributed by atoms with Gasteiger partial charge in [0.05, 0.1) is 11.6 Å². The molecule has 25 heavy (non-hydrogen) atoms. The molecule has 4 nitrogen and oxygen atoms in total. The third kappa shape index (κ3) is 4.31. The number of aryl methyl sites for hydroxylation is 1. The monoisotopic (exact) mass is 378 g/mol. The van der Waals surface area contributed by atoms with E-state index in [4.69, 9.17) is 0 Å². The smallest absolute Gasteiger partial charge is 0.337 e. The van der Waals surface area contributed by atoms with Crippen molar-refractivity contribution >= 4 is 12.4 Å². The third-order valence-electron chi connectivity index (χ3n) is 4.23. The highest BCUT2D eigenvalue weighted by molar-refractivity contribution is 5.85. The molecule has 0 saturated carbocycles. The molecule has 2 aromatic rings. The van der Waals surface area contributed by atoms with Gasteiger partial charge in [0.25, 0.3) is 0 Å². The molecule has 0 aliphatic carbocycles. The number of aromatic nitrogens is 2. The summed E-state index contributed by atoms with van der Waals surface area (Å²) >= 11 is 0. The molecule has 1 fully saturated rings. The van der Waals surface area contributed by atoms with Crippen molar-refractivity contribution in [2.45, 2.75) is 18.8 Å². The second kappa shape index (κ2) is 7.72. The lowest BCUT2D eigenvalue weighted by Crippen LogP contribution is -2.46. The van der Waals surface area contributed by atoms with Crippen LogP contribution >= 0.6 is 12.4 Å². The van der Waals surface area contributed by atoms with Crippen LogP contribution in [-0.4, -0.2) is 34.1 Å². The van der Waals surface area contributed by atoms with Gasteiger partial charge in [0.1, 0.15) is 11.6 Å². The number of hydrogen-bond acceptors (Lipinski definition) is 3. The minimum atomic E-state index is -4.69. The topological polar surface area (TPSA) is 33.1 Å². The van der Waals surface area contributed by atoms with Gasteiger partial charge < -0.3 is 9.88 Å². The van der Waals surface area contributed by atoms with Crippen LogP contribution in [0.4, 0.5) is 17.6 Å². The molecule has 1 aromatic carbocycles. The number of imidazole rings is 1. The standard InChI is InChI=1S/C16H18F4N4.ClH/c1-23-6-5-22-15(23)14-9-21-4-7-24(14)10-11-2-3-13(17)12(8-11)16(18,19)20;/h2-3,5-6,8,14,21H,4,7,9-10H2,1H3;1H. The first-order chi connectivity index (χ1) is 11.4. The number of nitrogens with zero attached hydrogens (tertiary/aromatic N) is 3. The van der Waals surface area contributed by atoms with E-state index in [0.717, 1.165) is 24.5 Å². The lowest BCUT2D eigenvalue weighted by atomic mass is 10.1. The normalized spacial score (nSPS) is 18.8. The number of nitrogens with one attached hydrogen (secondary N) is 1. The van der Waals surface area contributed by atoms with Crippen LogP contribution in [0.5, 0.6) is 0 Å². The molecule has 1 saturated heterocycles. The predicted molar refractivity (Wildman–Crippen MR) is 87.9 cm³/mol. The van der Waals surface area contributed by atoms with Gasteiger partial charge in [0.15, 0.2) is 0 Å². The molecule has 1 unspecified atom stereocenters. The minimum absolute atomic E-state index is 0. The Kier molecular flexibility index (Phi) is 6.08. The van der Waals surface area contributed by atoms with Gasteiger partial charge in [-0.25, -0.2) is 9.37 Å². The van der Waals surface area contributed by atoms with Crippen molar-refractivity contribution in [3.8, 4) is 0 Å². The average molecular weight is 379 g/mol. The van der Waals surface area contributed by atoms with Gasteiger partial charge in [-0.2, -0.15) is 13.2 Å². The molecule has 0 bridgehead atoms. The van der Waals surface area contributed by atoms with Gasteiger partial charge >= 0.3 is 6.18 Å². The average Bonchev–Trinajstić information content (AvgIpc) is 2.95. The Morgan fingerprint density at radius 3 is 2.72 bits per heavy atom. The first kappa shape index (κ1) is 19.7. The van der Waals surface area contributed by atoms with Crippen LogP contribution < -0.4 is 5.32 Å². The summed E-state index contributed by atoms with van der Waals surface area (Å²) in [4.78, 5) is 6.41. The number of halogens is 5. The Labute approximate surface area is 149 Å². The van der Waals surface area contributed by atoms with Crippen molar-refractivity contribution < 1.29 is 17.6 Å². The highest BCUT2D eigenvalue weighted by Gasteiger charge is 2.34. The first-order valence-electron chi connectivity index (χ1n) is 7.64. The van der Waals surface area contributed by atoms with Crippen molar-refractivity contribution in [2.24, 2.45) is 7.05 Å². The molecule has 0 radical (unpaired) electrons. The van der Waals surface area contributed by atoms with E-state index in [9.17, 15) is 17.6 Å². The number of alkyl halides is 3. The van der Waals surface area contributed by atoms with Gasteiger partial charge in [-0.15, -0.1) is 12.4 Å². The van der Waals surface area contributed by atoms with Crippen LogP contribution in [0.2, 0.25) is 0 Å². The Bertz CT molecular complexity index is 716. The number of benzene rings is 1. The van der Waals surface area contributed by atoms with Crippen LogP contribution in [0.3, 0.4) is 0 Å². The first-order valence-corrected chi connectivity index (χ1v) is 7.64. The van der Waals surface area contributed by atoms with E-state index < -0.39 is 17.6 Å². The highest BCUT2D eigenvalue weighted by Crippen LogP contribution is 2.32. The quantitative estimate of drug-likeness (QED) is 0.833. The SMILES string of the molecule is Cl.Cn1ccnc1C1CNCCN1Cc1ccc(F)c(C(F)(F)F)c1. The third-order valence-corrected chi connectivity index (χ3v) is 4.23. The van der Waals surface area contributed by atoms with E-state index in [1.165, 1.54) is 6.07 Å². The summed E-state index contributed by atoms with van der Waals surface area (Å²) < 4.78 is 54.0. The number of rotatable bonds is 3. The fraction of sp³-hybridized carbons (Fsp3) is 0.438. The van der Waals surface area contributed by atoms with Crippen molar-refractivity contribution in [2.75, 3.05) is 19.6 Å². The summed E-state index contributed by atoms with van der Waals surface area (Å²) in [7, 11) is 1.88. The van der Waals surface area contributed by atoms with E-state index in [1.807, 2.05) is 17.8 Å². The van der Waals surface area contributed by atoms with Crippen LogP contribution in [0.1, 0.15) is 23.0 Å². The van der Waals surface area contributed by atoms with E-state index in [2.05, 4.69) is 15.2 Å². The Morgan fingerprint density at radius 2 is 2.08 bits per heavy atom. The molecular formula is C16H19ClF4N4. The molecule has 3 rings (SSSR count). The van der Waals surface area contributed by atoms with E-state index in [1.54, 1.807) is 6.20 Å². The highest BCUT2D eigenvalue weighted by atomic mass is 35.5. The Morgan fingerprint density at radius 1 is 1.32 bits per heavy atom. The van der Waals surface area contributed by atoms with E-state index >= 15 is 0 Å². The molecule has 1 N–H and O–H groups in total. The fourth-order valence-corrected chi connectivity index (χ4v) is 3.01. The zero-order valence-corrected chi connectivity index (χ0v) is 14.4. The maximum Gasteiger partial charge on any atom is 0.419 e. The molecule has 0 amide bonds. The molecular weight excluding hydrogens is 360 g/mol. The van der Waals surface area contributed by atoms with Gasteiger partial charge in [-0.05, 0) is 17.7 Å². The number of piperazine rings is 1. The maximum atomic E-state index is 13.4. The van der Waals surface area contributed by atoms with Crippen molar-refractivity contribution in [3.63, 3.8) is 0 Å². The minimum Gasteiger partial charge on any atom is -0.337 e. The summed E-state index contributed by atoms with van der Waals surface area (Å²) in [5.74, 6) is -0.396. The molecule has 1 atom stereocenters. The zero-order chi connectivity index (χ0) is 17.3. The van der Waals surface area contributed by atoms with E-state index in [0.29, 0.717) is 25.2 Å². The van der Waals surface area contributed by atoms with Gasteiger partial charge in [0, 0.05) is 45.6 Å². The molecule has 1 aliphatic heterocycles.